The number of likely N-dealkylation sites (tertiary alicyclic amines) is 2. The minimum atomic E-state index is -0.818. The number of aromatic hydroxyl groups is 1. The van der Waals surface area contributed by atoms with Crippen molar-refractivity contribution in [3.05, 3.63) is 95.0 Å². The zero-order chi connectivity index (χ0) is 41.7. The number of H-pyrrole nitrogens is 1. The Morgan fingerprint density at radius 2 is 1.82 bits per heavy atom. The highest BCUT2D eigenvalue weighted by molar-refractivity contribution is 7.13. The molecule has 4 aromatic heterocycles. The summed E-state index contributed by atoms with van der Waals surface area (Å²) >= 11 is 1.59. The van der Waals surface area contributed by atoms with Crippen molar-refractivity contribution in [2.75, 3.05) is 32.8 Å². The van der Waals surface area contributed by atoms with Crippen LogP contribution in [0.1, 0.15) is 74.2 Å². The van der Waals surface area contributed by atoms with E-state index in [1.54, 1.807) is 29.5 Å². The average Bonchev–Trinajstić information content (AvgIpc) is 3.93. The number of nitrogens with zero attached hydrogens (tertiary/aromatic N) is 6. The summed E-state index contributed by atoms with van der Waals surface area (Å²) in [6.07, 6.45) is 0.154. The second-order valence-corrected chi connectivity index (χ2v) is 17.7. The number of carbonyl (C=O) groups is 2. The summed E-state index contributed by atoms with van der Waals surface area (Å²) in [5.74, 6) is 1.08. The topological polar surface area (TPSA) is 183 Å². The molecule has 7 atom stereocenters. The van der Waals surface area contributed by atoms with Crippen molar-refractivity contribution in [3.63, 3.8) is 0 Å². The number of hydrogen-bond acceptors (Lipinski definition) is 12. The number of rotatable bonds is 14. The van der Waals surface area contributed by atoms with Crippen LogP contribution in [-0.4, -0.2) is 102 Å². The molecule has 0 radical (unpaired) electrons. The lowest BCUT2D eigenvalue weighted by Crippen LogP contribution is -2.48. The number of β-amino-alcohol motifs (C(OH)–C–C–N with tert-alkyl or cyclic N) is 1. The SMILES string of the molecule is Cc1ncsc1-c1ccc([C@H](C)NC(=O)[C@@H]2C[C@@H](O)CN2C(=O)[C@H](c2cc(OCCCN3C[C@@H]4C(c5cc6cc(-c7ccccc7O)nnc6[nH]5)[C@@H]4C3)no2)C(C)C)cc1. The normalized spacial score (nSPS) is 22.3. The van der Waals surface area contributed by atoms with Crippen LogP contribution in [0.25, 0.3) is 32.7 Å². The number of carbonyl (C=O) groups excluding carboxylic acids is 2. The van der Waals surface area contributed by atoms with E-state index in [1.165, 1.54) is 10.6 Å². The molecule has 1 saturated carbocycles. The number of nitrogens with one attached hydrogen (secondary N) is 2. The van der Waals surface area contributed by atoms with Crippen molar-refractivity contribution in [3.8, 4) is 33.3 Å². The Bertz CT molecular complexity index is 2490. The molecule has 9 rings (SSSR count). The van der Waals surface area contributed by atoms with E-state index in [0.717, 1.165) is 58.8 Å². The summed E-state index contributed by atoms with van der Waals surface area (Å²) in [6.45, 7) is 11.2. The molecule has 2 saturated heterocycles. The van der Waals surface area contributed by atoms with Crippen LogP contribution in [0.4, 0.5) is 0 Å². The lowest BCUT2D eigenvalue weighted by atomic mass is 9.91. The molecule has 4 N–H and O–H groups in total. The highest BCUT2D eigenvalue weighted by Gasteiger charge is 2.56. The summed E-state index contributed by atoms with van der Waals surface area (Å²) < 4.78 is 11.7. The lowest BCUT2D eigenvalue weighted by molar-refractivity contribution is -0.141. The van der Waals surface area contributed by atoms with Gasteiger partial charge in [0.05, 0.1) is 40.5 Å². The number of para-hydroxylation sites is 1. The molecule has 3 aliphatic rings. The Balaban J connectivity index is 0.751. The van der Waals surface area contributed by atoms with Crippen molar-refractivity contribution < 1.29 is 29.1 Å². The third kappa shape index (κ3) is 7.88. The second kappa shape index (κ2) is 16.4. The Morgan fingerprint density at radius 3 is 2.55 bits per heavy atom. The molecule has 1 unspecified atom stereocenters. The molecule has 0 spiro atoms. The van der Waals surface area contributed by atoms with Crippen molar-refractivity contribution >= 4 is 34.2 Å². The van der Waals surface area contributed by atoms with Gasteiger partial charge in [-0.15, -0.1) is 21.5 Å². The number of aryl methyl sites for hydroxylation is 1. The van der Waals surface area contributed by atoms with Gasteiger partial charge in [0.1, 0.15) is 17.7 Å². The fraction of sp³-hybridized carbons (Fsp3) is 0.422. The van der Waals surface area contributed by atoms with E-state index in [1.807, 2.05) is 75.7 Å². The van der Waals surface area contributed by atoms with E-state index in [4.69, 9.17) is 9.26 Å². The number of amides is 2. The number of phenolic OH excluding ortho intramolecular Hbond substituents is 1. The molecule has 1 aliphatic carbocycles. The van der Waals surface area contributed by atoms with Gasteiger partial charge in [-0.2, -0.15) is 0 Å². The standard InChI is InChI=1S/C45H50N8O6S/c1-24(2)40(45(57)53-20-30(54)18-36(53)44(56)47-25(3)27-10-12-28(13-11-27)42-26(4)46-23-60-42)38-19-39(51-59-38)58-15-7-14-52-21-32-33(22-52)41(32)35-17-29-16-34(49-50-43(29)48-35)31-8-5-6-9-37(31)55/h5-6,8-13,16-17,19,23-25,30,32-33,36,40-41,54-55H,7,14-15,18,20-22H2,1-4H3,(H,47,56)(H,48,50)/t25-,30+,32-,33+,36-,40-,41?/m0/s1. The predicted octanol–water partition coefficient (Wildman–Crippen LogP) is 6.44. The molecule has 0 bridgehead atoms. The lowest BCUT2D eigenvalue weighted by Gasteiger charge is -2.29. The Labute approximate surface area is 352 Å². The van der Waals surface area contributed by atoms with Gasteiger partial charge in [-0.1, -0.05) is 50.2 Å². The van der Waals surface area contributed by atoms with E-state index in [0.29, 0.717) is 47.3 Å². The number of aromatic nitrogens is 5. The first-order valence-electron chi connectivity index (χ1n) is 20.8. The van der Waals surface area contributed by atoms with Crippen LogP contribution in [0, 0.1) is 24.7 Å². The monoisotopic (exact) mass is 830 g/mol. The van der Waals surface area contributed by atoms with E-state index >= 15 is 0 Å². The number of piperidine rings is 1. The zero-order valence-corrected chi connectivity index (χ0v) is 34.9. The number of benzene rings is 2. The number of hydrogen-bond donors (Lipinski definition) is 4. The van der Waals surface area contributed by atoms with Crippen LogP contribution in [0.3, 0.4) is 0 Å². The van der Waals surface area contributed by atoms with Crippen molar-refractivity contribution in [2.24, 2.45) is 17.8 Å². The third-order valence-electron chi connectivity index (χ3n) is 12.5. The molecule has 14 nitrogen and oxygen atoms in total. The van der Waals surface area contributed by atoms with Gasteiger partial charge in [0.25, 0.3) is 5.88 Å². The number of aliphatic hydroxyl groups excluding tert-OH is 1. The molecule has 15 heteroatoms. The largest absolute Gasteiger partial charge is 0.507 e. The molecule has 3 fully saturated rings. The van der Waals surface area contributed by atoms with Crippen molar-refractivity contribution in [1.29, 1.82) is 0 Å². The van der Waals surface area contributed by atoms with E-state index < -0.39 is 18.1 Å². The zero-order valence-electron chi connectivity index (χ0n) is 34.1. The third-order valence-corrected chi connectivity index (χ3v) is 13.4. The van der Waals surface area contributed by atoms with Crippen molar-refractivity contribution in [1.82, 2.24) is 40.4 Å². The van der Waals surface area contributed by atoms with Gasteiger partial charge in [-0.25, -0.2) is 4.98 Å². The highest BCUT2D eigenvalue weighted by atomic mass is 32.1. The number of aliphatic hydroxyl groups is 1. The molecule has 60 heavy (non-hydrogen) atoms. The van der Waals surface area contributed by atoms with E-state index in [-0.39, 0.29) is 42.5 Å². The first-order valence-corrected chi connectivity index (χ1v) is 21.7. The summed E-state index contributed by atoms with van der Waals surface area (Å²) in [5.41, 5.74) is 8.09. The van der Waals surface area contributed by atoms with Gasteiger partial charge < -0.3 is 39.6 Å². The smallest absolute Gasteiger partial charge is 0.254 e. The van der Waals surface area contributed by atoms with Crippen LogP contribution >= 0.6 is 11.3 Å². The van der Waals surface area contributed by atoms with Gasteiger partial charge in [0, 0.05) is 61.2 Å². The Morgan fingerprint density at radius 1 is 1.03 bits per heavy atom. The van der Waals surface area contributed by atoms with Gasteiger partial charge in [0.2, 0.25) is 11.8 Å². The number of phenols is 1. The van der Waals surface area contributed by atoms with Gasteiger partial charge in [0.15, 0.2) is 11.4 Å². The fourth-order valence-electron chi connectivity index (χ4n) is 9.28. The van der Waals surface area contributed by atoms with Crippen LogP contribution < -0.4 is 10.1 Å². The molecule has 312 valence electrons. The Kier molecular flexibility index (Phi) is 10.9. The molecule has 2 amide bonds. The molecule has 6 heterocycles. The van der Waals surface area contributed by atoms with Crippen LogP contribution in [0.2, 0.25) is 0 Å². The fourth-order valence-corrected chi connectivity index (χ4v) is 10.1. The number of fused-ring (bicyclic) bond motifs is 2. The second-order valence-electron chi connectivity index (χ2n) is 16.9. The molecular weight excluding hydrogens is 781 g/mol. The Hall–Kier alpha value is -5.64. The van der Waals surface area contributed by atoms with E-state index in [9.17, 15) is 19.8 Å². The van der Waals surface area contributed by atoms with Crippen LogP contribution in [0.15, 0.2) is 76.8 Å². The predicted molar refractivity (Wildman–Crippen MR) is 226 cm³/mol. The summed E-state index contributed by atoms with van der Waals surface area (Å²) in [6, 6.07) is 19.9. The summed E-state index contributed by atoms with van der Waals surface area (Å²) in [4.78, 5) is 40.7. The highest BCUT2D eigenvalue weighted by Crippen LogP contribution is 2.58. The quantitative estimate of drug-likeness (QED) is 0.0887. The maximum atomic E-state index is 14.1. The van der Waals surface area contributed by atoms with Crippen LogP contribution in [-0.2, 0) is 9.59 Å². The van der Waals surface area contributed by atoms with Crippen molar-refractivity contribution in [2.45, 2.75) is 70.6 Å². The first kappa shape index (κ1) is 39.8. The van der Waals surface area contributed by atoms with Gasteiger partial charge in [-0.3, -0.25) is 9.59 Å². The van der Waals surface area contributed by atoms with Crippen LogP contribution in [0.5, 0.6) is 11.6 Å². The maximum Gasteiger partial charge on any atom is 0.254 e. The molecule has 2 aromatic carbocycles. The average molecular weight is 831 g/mol. The molecular formula is C45H50N8O6S. The van der Waals surface area contributed by atoms with Gasteiger partial charge in [-0.05, 0) is 78.6 Å². The minimum absolute atomic E-state index is 0.0615. The minimum Gasteiger partial charge on any atom is -0.507 e. The summed E-state index contributed by atoms with van der Waals surface area (Å²) in [5, 5.41) is 37.9. The molecule has 6 aromatic rings. The number of thiazole rings is 1. The number of aromatic amines is 1. The first-order chi connectivity index (χ1) is 29.0. The number of ether oxygens (including phenoxy) is 1. The molecule has 2 aliphatic heterocycles. The maximum absolute atomic E-state index is 14.1. The van der Waals surface area contributed by atoms with E-state index in [2.05, 4.69) is 41.6 Å². The summed E-state index contributed by atoms with van der Waals surface area (Å²) in [7, 11) is 0. The van der Waals surface area contributed by atoms with Gasteiger partial charge >= 0.3 is 0 Å².